The first-order chi connectivity index (χ1) is 13.5. The summed E-state index contributed by atoms with van der Waals surface area (Å²) in [5.74, 6) is 0.621. The Hall–Kier alpha value is -2.86. The van der Waals surface area contributed by atoms with Gasteiger partial charge in [-0.25, -0.2) is 0 Å². The van der Waals surface area contributed by atoms with Crippen molar-refractivity contribution >= 4 is 23.2 Å². The maximum Gasteiger partial charge on any atom is 0.244 e. The summed E-state index contributed by atoms with van der Waals surface area (Å²) < 4.78 is 5.12. The minimum Gasteiger partial charge on any atom is -0.497 e. The lowest BCUT2D eigenvalue weighted by Gasteiger charge is -2.30. The van der Waals surface area contributed by atoms with Gasteiger partial charge in [0.05, 0.1) is 19.7 Å². The Kier molecular flexibility index (Phi) is 6.31. The lowest BCUT2D eigenvalue weighted by molar-refractivity contribution is -0.124. The minimum atomic E-state index is -0.377. The van der Waals surface area contributed by atoms with Crippen molar-refractivity contribution in [1.29, 1.82) is 0 Å². The van der Waals surface area contributed by atoms with E-state index in [1.54, 1.807) is 31.4 Å². The Morgan fingerprint density at radius 1 is 1.18 bits per heavy atom. The number of nitrogens with one attached hydrogen (secondary N) is 1. The van der Waals surface area contributed by atoms with Gasteiger partial charge in [0.1, 0.15) is 5.75 Å². The van der Waals surface area contributed by atoms with E-state index < -0.39 is 0 Å². The molecule has 1 atom stereocenters. The van der Waals surface area contributed by atoms with Crippen molar-refractivity contribution in [3.8, 4) is 5.75 Å². The van der Waals surface area contributed by atoms with E-state index in [4.69, 9.17) is 4.74 Å². The maximum atomic E-state index is 13.1. The number of hydrogen-bond donors (Lipinski definition) is 1. The number of ether oxygens (including phenoxy) is 1. The van der Waals surface area contributed by atoms with Crippen molar-refractivity contribution in [3.63, 3.8) is 0 Å². The van der Waals surface area contributed by atoms with Crippen LogP contribution in [0.25, 0.3) is 0 Å². The average Bonchev–Trinajstić information content (AvgIpc) is 3.15. The number of rotatable bonds is 7. The van der Waals surface area contributed by atoms with Crippen molar-refractivity contribution in [2.45, 2.75) is 26.3 Å². The highest BCUT2D eigenvalue weighted by Gasteiger charge is 2.31. The van der Waals surface area contributed by atoms with Crippen molar-refractivity contribution in [2.24, 2.45) is 0 Å². The fourth-order valence-electron chi connectivity index (χ4n) is 3.53. The highest BCUT2D eigenvalue weighted by Crippen LogP contribution is 2.28. The van der Waals surface area contributed by atoms with Gasteiger partial charge in [-0.15, -0.1) is 0 Å². The van der Waals surface area contributed by atoms with E-state index in [1.165, 1.54) is 5.56 Å². The molecule has 28 heavy (non-hydrogen) atoms. The molecule has 0 radical (unpaired) electrons. The molecule has 0 fully saturated rings. The summed E-state index contributed by atoms with van der Waals surface area (Å²) in [5, 5.41) is 2.88. The zero-order valence-corrected chi connectivity index (χ0v) is 16.6. The topological polar surface area (TPSA) is 61.9 Å². The van der Waals surface area contributed by atoms with Crippen molar-refractivity contribution in [1.82, 2.24) is 4.90 Å². The van der Waals surface area contributed by atoms with E-state index in [9.17, 15) is 9.59 Å². The van der Waals surface area contributed by atoms with E-state index in [2.05, 4.69) is 11.4 Å². The molecule has 0 saturated carbocycles. The SMILES string of the molecule is CCN(CC(=O)Nc1ccc(OC)cc1)[C@H](C)C(=O)N1CCc2ccccc21. The zero-order valence-electron chi connectivity index (χ0n) is 16.6. The van der Waals surface area contributed by atoms with Gasteiger partial charge in [-0.1, -0.05) is 25.1 Å². The lowest BCUT2D eigenvalue weighted by atomic mass is 10.1. The first-order valence-corrected chi connectivity index (χ1v) is 9.60. The molecule has 1 heterocycles. The number of hydrogen-bond acceptors (Lipinski definition) is 4. The number of para-hydroxylation sites is 1. The van der Waals surface area contributed by atoms with Crippen LogP contribution in [0.4, 0.5) is 11.4 Å². The number of methoxy groups -OCH3 is 1. The molecule has 1 aliphatic heterocycles. The molecule has 6 heteroatoms. The third kappa shape index (κ3) is 4.34. The largest absolute Gasteiger partial charge is 0.497 e. The summed E-state index contributed by atoms with van der Waals surface area (Å²) in [7, 11) is 1.60. The van der Waals surface area contributed by atoms with Crippen LogP contribution in [0.2, 0.25) is 0 Å². The van der Waals surface area contributed by atoms with Gasteiger partial charge in [-0.2, -0.15) is 0 Å². The predicted octanol–water partition coefficient (Wildman–Crippen LogP) is 2.93. The van der Waals surface area contributed by atoms with Crippen LogP contribution < -0.4 is 15.0 Å². The van der Waals surface area contributed by atoms with Crippen LogP contribution in [0, 0.1) is 0 Å². The summed E-state index contributed by atoms with van der Waals surface area (Å²) in [5.41, 5.74) is 2.88. The number of carbonyl (C=O) groups excluding carboxylic acids is 2. The summed E-state index contributed by atoms with van der Waals surface area (Å²) in [6.07, 6.45) is 0.874. The van der Waals surface area contributed by atoms with E-state index in [-0.39, 0.29) is 24.4 Å². The summed E-state index contributed by atoms with van der Waals surface area (Å²) in [4.78, 5) is 29.3. The third-order valence-corrected chi connectivity index (χ3v) is 5.18. The normalized spacial score (nSPS) is 13.9. The van der Waals surface area contributed by atoms with Gasteiger partial charge in [0.15, 0.2) is 0 Å². The van der Waals surface area contributed by atoms with Crippen molar-refractivity contribution in [3.05, 3.63) is 54.1 Å². The Bertz CT molecular complexity index is 835. The molecule has 0 saturated heterocycles. The number of fused-ring (bicyclic) bond motifs is 1. The lowest BCUT2D eigenvalue weighted by Crippen LogP contribution is -2.49. The Morgan fingerprint density at radius 2 is 1.89 bits per heavy atom. The van der Waals surface area contributed by atoms with Crippen LogP contribution in [0.5, 0.6) is 5.75 Å². The first kappa shape index (κ1) is 19.9. The molecule has 0 unspecified atom stereocenters. The summed E-state index contributed by atoms with van der Waals surface area (Å²) in [6.45, 7) is 5.29. The van der Waals surface area contributed by atoms with E-state index in [1.807, 2.05) is 41.8 Å². The van der Waals surface area contributed by atoms with E-state index >= 15 is 0 Å². The second-order valence-corrected chi connectivity index (χ2v) is 6.88. The zero-order chi connectivity index (χ0) is 20.1. The summed E-state index contributed by atoms with van der Waals surface area (Å²) in [6, 6.07) is 14.8. The van der Waals surface area contributed by atoms with Crippen molar-refractivity contribution in [2.75, 3.05) is 37.0 Å². The maximum absolute atomic E-state index is 13.1. The fourth-order valence-corrected chi connectivity index (χ4v) is 3.53. The number of likely N-dealkylation sites (N-methyl/N-ethyl adjacent to an activating group) is 1. The first-order valence-electron chi connectivity index (χ1n) is 9.60. The van der Waals surface area contributed by atoms with Crippen LogP contribution in [0.1, 0.15) is 19.4 Å². The predicted molar refractivity (Wildman–Crippen MR) is 111 cm³/mol. The van der Waals surface area contributed by atoms with Crippen LogP contribution >= 0.6 is 0 Å². The van der Waals surface area contributed by atoms with Gasteiger partial charge in [0, 0.05) is 17.9 Å². The number of nitrogens with zero attached hydrogens (tertiary/aromatic N) is 2. The van der Waals surface area contributed by atoms with Gasteiger partial charge in [-0.3, -0.25) is 14.5 Å². The molecule has 0 aliphatic carbocycles. The standard InChI is InChI=1S/C22H27N3O3/c1-4-24(15-21(26)23-18-9-11-19(28-3)12-10-18)16(2)22(27)25-14-13-17-7-5-6-8-20(17)25/h5-12,16H,4,13-15H2,1-3H3,(H,23,26)/t16-/m1/s1. The van der Waals surface area contributed by atoms with Crippen molar-refractivity contribution < 1.29 is 14.3 Å². The van der Waals surface area contributed by atoms with Gasteiger partial charge in [0.25, 0.3) is 0 Å². The Labute approximate surface area is 166 Å². The van der Waals surface area contributed by atoms with Crippen LogP contribution in [-0.2, 0) is 16.0 Å². The van der Waals surface area contributed by atoms with E-state index in [0.29, 0.717) is 18.8 Å². The molecule has 2 aromatic carbocycles. The number of anilines is 2. The van der Waals surface area contributed by atoms with Gasteiger partial charge >= 0.3 is 0 Å². The van der Waals surface area contributed by atoms with E-state index in [0.717, 1.165) is 17.9 Å². The molecule has 0 aromatic heterocycles. The third-order valence-electron chi connectivity index (χ3n) is 5.18. The molecule has 2 aromatic rings. The smallest absolute Gasteiger partial charge is 0.244 e. The van der Waals surface area contributed by atoms with Gasteiger partial charge < -0.3 is 15.0 Å². The summed E-state index contributed by atoms with van der Waals surface area (Å²) >= 11 is 0. The molecule has 1 N–H and O–H groups in total. The fraction of sp³-hybridized carbons (Fsp3) is 0.364. The molecular formula is C22H27N3O3. The molecule has 2 amide bonds. The average molecular weight is 381 g/mol. The minimum absolute atomic E-state index is 0.0315. The Morgan fingerprint density at radius 3 is 2.57 bits per heavy atom. The second kappa shape index (κ2) is 8.89. The number of amides is 2. The molecule has 3 rings (SSSR count). The van der Waals surface area contributed by atoms with Crippen LogP contribution in [-0.4, -0.2) is 49.5 Å². The quantitative estimate of drug-likeness (QED) is 0.801. The van der Waals surface area contributed by atoms with Crippen LogP contribution in [0.3, 0.4) is 0 Å². The molecule has 0 spiro atoms. The molecule has 0 bridgehead atoms. The Balaban J connectivity index is 1.62. The second-order valence-electron chi connectivity index (χ2n) is 6.88. The van der Waals surface area contributed by atoms with Gasteiger partial charge in [0.2, 0.25) is 11.8 Å². The molecule has 6 nitrogen and oxygen atoms in total. The highest BCUT2D eigenvalue weighted by atomic mass is 16.5. The number of benzene rings is 2. The molecule has 1 aliphatic rings. The van der Waals surface area contributed by atoms with Gasteiger partial charge in [-0.05, 0) is 55.8 Å². The van der Waals surface area contributed by atoms with Crippen LogP contribution in [0.15, 0.2) is 48.5 Å². The monoisotopic (exact) mass is 381 g/mol. The number of carbonyl (C=O) groups is 2. The molecular weight excluding hydrogens is 354 g/mol. The molecule has 148 valence electrons. The highest BCUT2D eigenvalue weighted by molar-refractivity contribution is 5.99.